The van der Waals surface area contributed by atoms with Crippen molar-refractivity contribution in [2.24, 2.45) is 0 Å². The average molecular weight is 531 g/mol. The van der Waals surface area contributed by atoms with Gasteiger partial charge in [-0.3, -0.25) is 19.8 Å². The van der Waals surface area contributed by atoms with E-state index in [1.54, 1.807) is 12.1 Å². The number of nitrogens with zero attached hydrogens (tertiary/aromatic N) is 2. The monoisotopic (exact) mass is 530 g/mol. The van der Waals surface area contributed by atoms with Crippen LogP contribution in [0.15, 0.2) is 76.5 Å². The normalized spacial score (nSPS) is 15.0. The van der Waals surface area contributed by atoms with E-state index in [4.69, 9.17) is 16.4 Å². The molecule has 0 N–H and O–H groups in total. The minimum Gasteiger partial charge on any atom is -0.379 e. The quantitative estimate of drug-likeness (QED) is 0.140. The standard InChI is InChI=1S/C23H15FN2O6S3/c1-14-5-10-19(13-20(14)26(28)29)35(30,31)32-18-8-6-15(7-9-18)11-21-22(27)25(23(33)34-21)17-4-2-3-16(24)12-17/h2-13H,1H3/b21-11+. The van der Waals surface area contributed by atoms with Crippen LogP contribution in [-0.2, 0) is 14.9 Å². The molecule has 1 amide bonds. The summed E-state index contributed by atoms with van der Waals surface area (Å²) in [4.78, 5) is 24.5. The number of nitro groups is 1. The highest BCUT2D eigenvalue weighted by atomic mass is 32.2. The second-order valence-electron chi connectivity index (χ2n) is 7.31. The molecular weight excluding hydrogens is 515 g/mol. The molecule has 3 aromatic rings. The molecule has 0 unspecified atom stereocenters. The fourth-order valence-corrected chi connectivity index (χ4v) is 5.44. The summed E-state index contributed by atoms with van der Waals surface area (Å²) in [7, 11) is -4.31. The number of rotatable bonds is 6. The van der Waals surface area contributed by atoms with Crippen LogP contribution in [0.4, 0.5) is 15.8 Å². The van der Waals surface area contributed by atoms with Gasteiger partial charge in [0.2, 0.25) is 0 Å². The van der Waals surface area contributed by atoms with E-state index in [9.17, 15) is 27.7 Å². The van der Waals surface area contributed by atoms with Gasteiger partial charge >= 0.3 is 10.1 Å². The number of carbonyl (C=O) groups is 1. The first-order chi connectivity index (χ1) is 16.5. The summed E-state index contributed by atoms with van der Waals surface area (Å²) >= 11 is 6.33. The molecule has 12 heteroatoms. The molecule has 1 saturated heterocycles. The molecule has 1 fully saturated rings. The van der Waals surface area contributed by atoms with E-state index < -0.39 is 26.8 Å². The number of thiocarbonyl (C=S) groups is 1. The van der Waals surface area contributed by atoms with Gasteiger partial charge in [0.1, 0.15) is 16.5 Å². The zero-order valence-electron chi connectivity index (χ0n) is 17.9. The van der Waals surface area contributed by atoms with E-state index >= 15 is 0 Å². The molecule has 0 spiro atoms. The predicted molar refractivity (Wildman–Crippen MR) is 134 cm³/mol. The second kappa shape index (κ2) is 9.56. The Balaban J connectivity index is 1.52. The molecule has 0 atom stereocenters. The van der Waals surface area contributed by atoms with Crippen LogP contribution in [0.3, 0.4) is 0 Å². The van der Waals surface area contributed by atoms with Gasteiger partial charge in [0.15, 0.2) is 4.32 Å². The molecule has 0 aromatic heterocycles. The van der Waals surface area contributed by atoms with Crippen LogP contribution in [0.25, 0.3) is 6.08 Å². The zero-order chi connectivity index (χ0) is 25.3. The molecule has 0 aliphatic carbocycles. The Morgan fingerprint density at radius 3 is 2.49 bits per heavy atom. The number of benzene rings is 3. The smallest absolute Gasteiger partial charge is 0.339 e. The SMILES string of the molecule is Cc1ccc(S(=O)(=O)Oc2ccc(/C=C3/SC(=S)N(c4cccc(F)c4)C3=O)cc2)cc1[N+](=O)[O-]. The lowest BCUT2D eigenvalue weighted by Gasteiger charge is -2.14. The van der Waals surface area contributed by atoms with Crippen LogP contribution < -0.4 is 9.08 Å². The fraction of sp³-hybridized carbons (Fsp3) is 0.0435. The molecule has 0 saturated carbocycles. The maximum absolute atomic E-state index is 13.6. The molecule has 1 aliphatic rings. The predicted octanol–water partition coefficient (Wildman–Crippen LogP) is 5.22. The second-order valence-corrected chi connectivity index (χ2v) is 10.5. The summed E-state index contributed by atoms with van der Waals surface area (Å²) in [5.41, 5.74) is 0.878. The highest BCUT2D eigenvalue weighted by Crippen LogP contribution is 2.36. The Labute approximate surface area is 209 Å². The minimum absolute atomic E-state index is 0.0160. The van der Waals surface area contributed by atoms with Crippen molar-refractivity contribution in [1.82, 2.24) is 0 Å². The molecule has 178 valence electrons. The fourth-order valence-electron chi connectivity index (χ4n) is 3.19. The van der Waals surface area contributed by atoms with Crippen LogP contribution in [0.5, 0.6) is 5.75 Å². The van der Waals surface area contributed by atoms with E-state index in [0.29, 0.717) is 21.7 Å². The number of halogens is 1. The first kappa shape index (κ1) is 24.5. The maximum atomic E-state index is 13.6. The number of hydrogen-bond donors (Lipinski definition) is 0. The number of nitro benzene ring substituents is 1. The highest BCUT2D eigenvalue weighted by Gasteiger charge is 2.33. The van der Waals surface area contributed by atoms with Gasteiger partial charge < -0.3 is 4.18 Å². The lowest BCUT2D eigenvalue weighted by molar-refractivity contribution is -0.385. The largest absolute Gasteiger partial charge is 0.379 e. The van der Waals surface area contributed by atoms with Crippen LogP contribution in [0.2, 0.25) is 0 Å². The van der Waals surface area contributed by atoms with Crippen LogP contribution in [-0.4, -0.2) is 23.6 Å². The van der Waals surface area contributed by atoms with E-state index in [2.05, 4.69) is 0 Å². The van der Waals surface area contributed by atoms with Gasteiger partial charge in [0, 0.05) is 11.6 Å². The van der Waals surface area contributed by atoms with Crippen molar-refractivity contribution < 1.29 is 26.7 Å². The lowest BCUT2D eigenvalue weighted by Crippen LogP contribution is -2.27. The van der Waals surface area contributed by atoms with Gasteiger partial charge in [0.05, 0.1) is 15.5 Å². The third kappa shape index (κ3) is 5.24. The molecule has 3 aromatic carbocycles. The van der Waals surface area contributed by atoms with Gasteiger partial charge in [-0.25, -0.2) is 4.39 Å². The summed E-state index contributed by atoms with van der Waals surface area (Å²) in [5, 5.41) is 11.1. The maximum Gasteiger partial charge on any atom is 0.339 e. The number of carbonyl (C=O) groups excluding carboxylic acids is 1. The summed E-state index contributed by atoms with van der Waals surface area (Å²) in [6.07, 6.45) is 1.57. The van der Waals surface area contributed by atoms with Crippen molar-refractivity contribution >= 4 is 61.8 Å². The van der Waals surface area contributed by atoms with Crippen LogP contribution >= 0.6 is 24.0 Å². The zero-order valence-corrected chi connectivity index (χ0v) is 20.3. The lowest BCUT2D eigenvalue weighted by atomic mass is 10.2. The Kier molecular flexibility index (Phi) is 6.70. The van der Waals surface area contributed by atoms with Gasteiger partial charge in [-0.15, -0.1) is 0 Å². The third-order valence-electron chi connectivity index (χ3n) is 4.91. The van der Waals surface area contributed by atoms with Crippen molar-refractivity contribution in [2.75, 3.05) is 4.90 Å². The molecule has 4 rings (SSSR count). The number of amides is 1. The van der Waals surface area contributed by atoms with E-state index in [0.717, 1.165) is 17.8 Å². The Morgan fingerprint density at radius 1 is 1.11 bits per heavy atom. The average Bonchev–Trinajstić information content (AvgIpc) is 3.07. The number of aryl methyl sites for hydroxylation is 1. The van der Waals surface area contributed by atoms with Gasteiger partial charge in [0.25, 0.3) is 11.6 Å². The number of anilines is 1. The molecule has 1 aliphatic heterocycles. The minimum atomic E-state index is -4.31. The first-order valence-corrected chi connectivity index (χ1v) is 12.5. The summed E-state index contributed by atoms with van der Waals surface area (Å²) in [6, 6.07) is 14.9. The van der Waals surface area contributed by atoms with E-state index in [1.165, 1.54) is 66.4 Å². The topological polar surface area (TPSA) is 107 Å². The first-order valence-electron chi connectivity index (χ1n) is 9.88. The number of thioether (sulfide) groups is 1. The Bertz CT molecular complexity index is 1500. The van der Waals surface area contributed by atoms with Crippen molar-refractivity contribution in [3.63, 3.8) is 0 Å². The van der Waals surface area contributed by atoms with Crippen LogP contribution in [0, 0.1) is 22.9 Å². The molecule has 35 heavy (non-hydrogen) atoms. The summed E-state index contributed by atoms with van der Waals surface area (Å²) < 4.78 is 44.1. The third-order valence-corrected chi connectivity index (χ3v) is 7.46. The van der Waals surface area contributed by atoms with Crippen molar-refractivity contribution in [2.45, 2.75) is 11.8 Å². The van der Waals surface area contributed by atoms with Crippen molar-refractivity contribution in [1.29, 1.82) is 0 Å². The summed E-state index contributed by atoms with van der Waals surface area (Å²) in [6.45, 7) is 1.50. The van der Waals surface area contributed by atoms with Gasteiger partial charge in [-0.2, -0.15) is 8.42 Å². The van der Waals surface area contributed by atoms with Crippen molar-refractivity contribution in [3.05, 3.63) is 98.7 Å². The Hall–Kier alpha value is -3.61. The van der Waals surface area contributed by atoms with Gasteiger partial charge in [-0.1, -0.05) is 48.2 Å². The number of hydrogen-bond acceptors (Lipinski definition) is 8. The molecule has 1 heterocycles. The van der Waals surface area contributed by atoms with Crippen LogP contribution in [0.1, 0.15) is 11.1 Å². The molecule has 8 nitrogen and oxygen atoms in total. The molecule has 0 bridgehead atoms. The summed E-state index contributed by atoms with van der Waals surface area (Å²) in [5.74, 6) is -0.918. The molecular formula is C23H15FN2O6S3. The highest BCUT2D eigenvalue weighted by molar-refractivity contribution is 8.27. The van der Waals surface area contributed by atoms with E-state index in [1.807, 2.05) is 0 Å². The Morgan fingerprint density at radius 2 is 1.83 bits per heavy atom. The molecule has 0 radical (unpaired) electrons. The van der Waals surface area contributed by atoms with Gasteiger partial charge in [-0.05, 0) is 55.0 Å². The van der Waals surface area contributed by atoms with Crippen molar-refractivity contribution in [3.8, 4) is 5.75 Å². The van der Waals surface area contributed by atoms with E-state index in [-0.39, 0.29) is 20.7 Å².